The third-order valence-corrected chi connectivity index (χ3v) is 4.80. The van der Waals surface area contributed by atoms with Crippen molar-refractivity contribution in [1.29, 1.82) is 0 Å². The van der Waals surface area contributed by atoms with Crippen LogP contribution in [0.3, 0.4) is 0 Å². The van der Waals surface area contributed by atoms with Gasteiger partial charge in [-0.3, -0.25) is 9.59 Å². The lowest BCUT2D eigenvalue weighted by atomic mass is 10.1. The average molecular weight is 389 g/mol. The number of halogens is 1. The fourth-order valence-corrected chi connectivity index (χ4v) is 3.10. The molecular formula is C20H21ClN2O4. The Hall–Kier alpha value is -2.73. The first-order valence-corrected chi connectivity index (χ1v) is 8.99. The lowest BCUT2D eigenvalue weighted by Crippen LogP contribution is -2.45. The van der Waals surface area contributed by atoms with E-state index in [1.165, 1.54) is 7.11 Å². The van der Waals surface area contributed by atoms with E-state index >= 15 is 0 Å². The number of aryl methyl sites for hydroxylation is 1. The number of fused-ring (bicyclic) bond motifs is 1. The fraction of sp³-hybridized carbons (Fsp3) is 0.300. The lowest BCUT2D eigenvalue weighted by molar-refractivity contribution is -0.125. The zero-order valence-corrected chi connectivity index (χ0v) is 16.2. The number of anilines is 2. The Morgan fingerprint density at radius 1 is 1.33 bits per heavy atom. The molecule has 0 saturated heterocycles. The monoisotopic (exact) mass is 388 g/mol. The molecule has 0 fully saturated rings. The number of nitrogens with one attached hydrogen (secondary N) is 1. The van der Waals surface area contributed by atoms with E-state index in [1.54, 1.807) is 24.0 Å². The maximum atomic E-state index is 12.5. The molecule has 142 valence electrons. The molecule has 2 aromatic rings. The van der Waals surface area contributed by atoms with Crippen LogP contribution in [0.4, 0.5) is 11.4 Å². The number of amides is 2. The quantitative estimate of drug-likeness (QED) is 0.845. The zero-order chi connectivity index (χ0) is 19.6. The largest absolute Gasteiger partial charge is 0.495 e. The van der Waals surface area contributed by atoms with Gasteiger partial charge in [0.25, 0.3) is 5.91 Å². The summed E-state index contributed by atoms with van der Waals surface area (Å²) < 4.78 is 10.9. The van der Waals surface area contributed by atoms with Crippen LogP contribution in [0.25, 0.3) is 0 Å². The third kappa shape index (κ3) is 4.01. The molecule has 1 aliphatic rings. The van der Waals surface area contributed by atoms with Crippen LogP contribution in [0, 0.1) is 6.92 Å². The molecule has 1 heterocycles. The second-order valence-electron chi connectivity index (χ2n) is 6.32. The number of hydrogen-bond acceptors (Lipinski definition) is 4. The van der Waals surface area contributed by atoms with Crippen molar-refractivity contribution in [3.05, 3.63) is 47.0 Å². The number of carbonyl (C=O) groups is 2. The van der Waals surface area contributed by atoms with Crippen molar-refractivity contribution < 1.29 is 19.1 Å². The molecule has 0 aliphatic carbocycles. The minimum Gasteiger partial charge on any atom is -0.495 e. The molecule has 1 atom stereocenters. The predicted molar refractivity (Wildman–Crippen MR) is 105 cm³/mol. The van der Waals surface area contributed by atoms with Crippen LogP contribution in [0.2, 0.25) is 5.02 Å². The van der Waals surface area contributed by atoms with Gasteiger partial charge in [0.15, 0.2) is 6.10 Å². The number of para-hydroxylation sites is 2. The Kier molecular flexibility index (Phi) is 5.56. The Bertz CT molecular complexity index is 884. The molecule has 0 bridgehead atoms. The standard InChI is InChI=1S/C20H21ClN2O4/c1-12-10-15(18(26-3)11-14(12)21)22-19(24)8-9-23-16-6-4-5-7-17(16)27-13(2)20(23)25/h4-7,10-11,13H,8-9H2,1-3H3,(H,22,24). The molecule has 1 N–H and O–H groups in total. The molecular weight excluding hydrogens is 368 g/mol. The number of hydrogen-bond donors (Lipinski definition) is 1. The molecule has 0 aromatic heterocycles. The van der Waals surface area contributed by atoms with Crippen molar-refractivity contribution in [1.82, 2.24) is 0 Å². The second kappa shape index (κ2) is 7.88. The maximum absolute atomic E-state index is 12.5. The molecule has 0 spiro atoms. The Labute approximate surface area is 163 Å². The highest BCUT2D eigenvalue weighted by Crippen LogP contribution is 2.34. The number of benzene rings is 2. The first-order chi connectivity index (χ1) is 12.9. The predicted octanol–water partition coefficient (Wildman–Crippen LogP) is 3.80. The molecule has 0 saturated carbocycles. The van der Waals surface area contributed by atoms with Gasteiger partial charge in [-0.15, -0.1) is 0 Å². The van der Waals surface area contributed by atoms with Gasteiger partial charge in [-0.05, 0) is 37.6 Å². The van der Waals surface area contributed by atoms with Crippen LogP contribution in [-0.2, 0) is 9.59 Å². The highest BCUT2D eigenvalue weighted by atomic mass is 35.5. The van der Waals surface area contributed by atoms with Crippen molar-refractivity contribution in [3.63, 3.8) is 0 Å². The third-order valence-electron chi connectivity index (χ3n) is 4.39. The van der Waals surface area contributed by atoms with Gasteiger partial charge in [0.2, 0.25) is 5.91 Å². The summed E-state index contributed by atoms with van der Waals surface area (Å²) in [5.74, 6) is 0.737. The van der Waals surface area contributed by atoms with Crippen molar-refractivity contribution in [3.8, 4) is 11.5 Å². The maximum Gasteiger partial charge on any atom is 0.267 e. The number of methoxy groups -OCH3 is 1. The molecule has 7 heteroatoms. The summed E-state index contributed by atoms with van der Waals surface area (Å²) in [6, 6.07) is 10.7. The highest BCUT2D eigenvalue weighted by molar-refractivity contribution is 6.31. The van der Waals surface area contributed by atoms with Crippen molar-refractivity contribution >= 4 is 34.8 Å². The summed E-state index contributed by atoms with van der Waals surface area (Å²) in [7, 11) is 1.52. The average Bonchev–Trinajstić information content (AvgIpc) is 2.65. The van der Waals surface area contributed by atoms with E-state index < -0.39 is 6.10 Å². The summed E-state index contributed by atoms with van der Waals surface area (Å²) in [6.07, 6.45) is -0.445. The van der Waals surface area contributed by atoms with Gasteiger partial charge in [-0.1, -0.05) is 23.7 Å². The van der Waals surface area contributed by atoms with Crippen LogP contribution < -0.4 is 19.7 Å². The molecule has 0 radical (unpaired) electrons. The number of ether oxygens (including phenoxy) is 2. The molecule has 6 nitrogen and oxygen atoms in total. The van der Waals surface area contributed by atoms with Crippen molar-refractivity contribution in [2.24, 2.45) is 0 Å². The molecule has 2 amide bonds. The van der Waals surface area contributed by atoms with Crippen LogP contribution in [-0.4, -0.2) is 31.6 Å². The van der Waals surface area contributed by atoms with Crippen molar-refractivity contribution in [2.45, 2.75) is 26.4 Å². The van der Waals surface area contributed by atoms with E-state index in [2.05, 4.69) is 5.32 Å². The normalized spacial score (nSPS) is 15.8. The molecule has 2 aromatic carbocycles. The molecule has 3 rings (SSSR count). The van der Waals surface area contributed by atoms with E-state index in [0.717, 1.165) is 5.56 Å². The first-order valence-electron chi connectivity index (χ1n) is 8.61. The smallest absolute Gasteiger partial charge is 0.267 e. The second-order valence-corrected chi connectivity index (χ2v) is 6.72. The van der Waals surface area contributed by atoms with Gasteiger partial charge >= 0.3 is 0 Å². The Morgan fingerprint density at radius 2 is 2.07 bits per heavy atom. The van der Waals surface area contributed by atoms with Gasteiger partial charge in [0.05, 0.1) is 18.5 Å². The summed E-state index contributed by atoms with van der Waals surface area (Å²) >= 11 is 6.09. The lowest BCUT2D eigenvalue weighted by Gasteiger charge is -2.32. The van der Waals surface area contributed by atoms with Crippen LogP contribution in [0.1, 0.15) is 18.9 Å². The van der Waals surface area contributed by atoms with E-state index in [-0.39, 0.29) is 24.8 Å². The van der Waals surface area contributed by atoms with Gasteiger partial charge in [0.1, 0.15) is 11.5 Å². The van der Waals surface area contributed by atoms with Crippen LogP contribution in [0.5, 0.6) is 11.5 Å². The fourth-order valence-electron chi connectivity index (χ4n) is 2.95. The minimum atomic E-state index is -0.582. The number of carbonyl (C=O) groups excluding carboxylic acids is 2. The number of rotatable bonds is 5. The zero-order valence-electron chi connectivity index (χ0n) is 15.4. The van der Waals surface area contributed by atoms with Gasteiger partial charge < -0.3 is 19.7 Å². The van der Waals surface area contributed by atoms with E-state index in [0.29, 0.717) is 27.9 Å². The summed E-state index contributed by atoms with van der Waals surface area (Å²) in [5, 5.41) is 3.39. The molecule has 1 unspecified atom stereocenters. The van der Waals surface area contributed by atoms with Crippen molar-refractivity contribution in [2.75, 3.05) is 23.9 Å². The van der Waals surface area contributed by atoms with Crippen LogP contribution >= 0.6 is 11.6 Å². The summed E-state index contributed by atoms with van der Waals surface area (Å²) in [5.41, 5.74) is 2.05. The SMILES string of the molecule is COc1cc(Cl)c(C)cc1NC(=O)CCN1C(=O)C(C)Oc2ccccc21. The van der Waals surface area contributed by atoms with E-state index in [1.807, 2.05) is 31.2 Å². The highest BCUT2D eigenvalue weighted by Gasteiger charge is 2.31. The number of nitrogens with zero attached hydrogens (tertiary/aromatic N) is 1. The van der Waals surface area contributed by atoms with Crippen LogP contribution in [0.15, 0.2) is 36.4 Å². The van der Waals surface area contributed by atoms with Gasteiger partial charge in [0, 0.05) is 24.1 Å². The van der Waals surface area contributed by atoms with E-state index in [4.69, 9.17) is 21.1 Å². The molecule has 1 aliphatic heterocycles. The summed E-state index contributed by atoms with van der Waals surface area (Å²) in [4.78, 5) is 26.5. The minimum absolute atomic E-state index is 0.137. The summed E-state index contributed by atoms with van der Waals surface area (Å²) in [6.45, 7) is 3.80. The molecule has 27 heavy (non-hydrogen) atoms. The topological polar surface area (TPSA) is 67.9 Å². The Morgan fingerprint density at radius 3 is 2.81 bits per heavy atom. The van der Waals surface area contributed by atoms with E-state index in [9.17, 15) is 9.59 Å². The van der Waals surface area contributed by atoms with Gasteiger partial charge in [-0.2, -0.15) is 0 Å². The first kappa shape index (κ1) is 19.0. The Balaban J connectivity index is 1.71. The van der Waals surface area contributed by atoms with Gasteiger partial charge in [-0.25, -0.2) is 0 Å².